The molecule has 1 amide bonds. The lowest BCUT2D eigenvalue weighted by molar-refractivity contribution is 0.0997. The fraction of sp³-hybridized carbons (Fsp3) is 0.423. The van der Waals surface area contributed by atoms with Crippen LogP contribution in [0, 0.1) is 24.7 Å². The molecule has 0 spiro atoms. The van der Waals surface area contributed by atoms with Crippen molar-refractivity contribution in [2.75, 3.05) is 0 Å². The number of hydrogen-bond acceptors (Lipinski definition) is 3. The second-order valence-electron chi connectivity index (χ2n) is 10.2. The van der Waals surface area contributed by atoms with Crippen molar-refractivity contribution >= 4 is 28.4 Å². The molecule has 1 aromatic carbocycles. The highest BCUT2D eigenvalue weighted by Crippen LogP contribution is 2.63. The van der Waals surface area contributed by atoms with E-state index in [-0.39, 0.29) is 21.9 Å². The minimum absolute atomic E-state index is 0.0116. The number of nitrogens with zero attached hydrogens (tertiary/aromatic N) is 1. The van der Waals surface area contributed by atoms with Gasteiger partial charge in [-0.25, -0.2) is 0 Å². The lowest BCUT2D eigenvalue weighted by Gasteiger charge is -2.43. The van der Waals surface area contributed by atoms with Gasteiger partial charge in [0.05, 0.1) is 16.6 Å². The molecule has 6 heteroatoms. The Balaban J connectivity index is 1.47. The quantitative estimate of drug-likeness (QED) is 0.584. The maximum absolute atomic E-state index is 12.9. The van der Waals surface area contributed by atoms with Crippen LogP contribution in [-0.4, -0.2) is 15.9 Å². The second-order valence-corrected chi connectivity index (χ2v) is 10.6. The SMILES string of the molecule is Cc1cc(C23CCC4CC(CC2C4)C3)c(Cl)cc1-c1cc(=O)c2c(C(N)=O)nccc2[nH]1. The molecule has 3 aliphatic rings. The molecule has 2 aromatic heterocycles. The normalized spacial score (nSPS) is 28.4. The predicted molar refractivity (Wildman–Crippen MR) is 126 cm³/mol. The molecule has 3 bridgehead atoms. The fourth-order valence-corrected chi connectivity index (χ4v) is 7.57. The summed E-state index contributed by atoms with van der Waals surface area (Å²) >= 11 is 6.97. The molecule has 4 unspecified atom stereocenters. The number of aromatic amines is 1. The van der Waals surface area contributed by atoms with E-state index in [1.165, 1.54) is 56.4 Å². The van der Waals surface area contributed by atoms with Gasteiger partial charge in [0.2, 0.25) is 0 Å². The molecule has 32 heavy (non-hydrogen) atoms. The van der Waals surface area contributed by atoms with Crippen LogP contribution in [0.25, 0.3) is 22.2 Å². The molecule has 5 nitrogen and oxygen atoms in total. The Morgan fingerprint density at radius 3 is 2.84 bits per heavy atom. The maximum atomic E-state index is 12.9. The first-order valence-electron chi connectivity index (χ1n) is 11.5. The van der Waals surface area contributed by atoms with E-state index in [0.717, 1.165) is 33.9 Å². The average molecular weight is 448 g/mol. The minimum atomic E-state index is -0.715. The zero-order valence-electron chi connectivity index (χ0n) is 18.1. The van der Waals surface area contributed by atoms with Crippen LogP contribution in [0.15, 0.2) is 35.3 Å². The van der Waals surface area contributed by atoms with Crippen molar-refractivity contribution < 1.29 is 4.79 Å². The molecule has 0 radical (unpaired) electrons. The number of amides is 1. The Labute approximate surface area is 191 Å². The van der Waals surface area contributed by atoms with Gasteiger partial charge in [-0.2, -0.15) is 0 Å². The first-order chi connectivity index (χ1) is 15.4. The van der Waals surface area contributed by atoms with Crippen LogP contribution in [-0.2, 0) is 5.41 Å². The Kier molecular flexibility index (Phi) is 4.32. The van der Waals surface area contributed by atoms with Crippen molar-refractivity contribution in [3.8, 4) is 11.3 Å². The summed E-state index contributed by atoms with van der Waals surface area (Å²) in [6.07, 6.45) is 9.41. The molecule has 0 aliphatic heterocycles. The highest BCUT2D eigenvalue weighted by atomic mass is 35.5. The van der Waals surface area contributed by atoms with E-state index in [1.54, 1.807) is 6.07 Å². The number of aromatic nitrogens is 2. The van der Waals surface area contributed by atoms with Crippen molar-refractivity contribution in [2.45, 2.75) is 50.9 Å². The van der Waals surface area contributed by atoms with E-state index in [2.05, 4.69) is 23.0 Å². The van der Waals surface area contributed by atoms with Gasteiger partial charge in [0, 0.05) is 22.8 Å². The monoisotopic (exact) mass is 447 g/mol. The third-order valence-corrected chi connectivity index (χ3v) is 8.76. The number of H-pyrrole nitrogens is 1. The number of primary amides is 1. The first kappa shape index (κ1) is 20.0. The van der Waals surface area contributed by atoms with Crippen LogP contribution in [0.3, 0.4) is 0 Å². The van der Waals surface area contributed by atoms with Crippen LogP contribution in [0.2, 0.25) is 5.02 Å². The van der Waals surface area contributed by atoms with Gasteiger partial charge < -0.3 is 10.7 Å². The van der Waals surface area contributed by atoms with Gasteiger partial charge in [-0.15, -0.1) is 0 Å². The van der Waals surface area contributed by atoms with Crippen LogP contribution >= 0.6 is 11.6 Å². The van der Waals surface area contributed by atoms with Gasteiger partial charge in [0.1, 0.15) is 5.69 Å². The number of fused-ring (bicyclic) bond motifs is 3. The van der Waals surface area contributed by atoms with Gasteiger partial charge in [-0.05, 0) is 91.9 Å². The van der Waals surface area contributed by atoms with Crippen LogP contribution in [0.5, 0.6) is 0 Å². The third kappa shape index (κ3) is 2.80. The number of benzene rings is 1. The van der Waals surface area contributed by atoms with Gasteiger partial charge in [0.25, 0.3) is 5.91 Å². The summed E-state index contributed by atoms with van der Waals surface area (Å²) in [4.78, 5) is 31.9. The smallest absolute Gasteiger partial charge is 0.268 e. The highest BCUT2D eigenvalue weighted by Gasteiger charge is 2.55. The first-order valence-corrected chi connectivity index (χ1v) is 11.9. The third-order valence-electron chi connectivity index (χ3n) is 8.45. The van der Waals surface area contributed by atoms with E-state index in [4.69, 9.17) is 17.3 Å². The van der Waals surface area contributed by atoms with Gasteiger partial charge in [-0.1, -0.05) is 17.7 Å². The molecule has 3 saturated carbocycles. The molecular weight excluding hydrogens is 422 g/mol. The summed E-state index contributed by atoms with van der Waals surface area (Å²) < 4.78 is 0. The second kappa shape index (κ2) is 6.92. The van der Waals surface area contributed by atoms with Crippen molar-refractivity contribution in [3.05, 3.63) is 62.5 Å². The highest BCUT2D eigenvalue weighted by molar-refractivity contribution is 6.31. The van der Waals surface area contributed by atoms with E-state index < -0.39 is 5.91 Å². The lowest BCUT2D eigenvalue weighted by Crippen LogP contribution is -2.36. The van der Waals surface area contributed by atoms with Crippen molar-refractivity contribution in [1.82, 2.24) is 9.97 Å². The molecule has 6 rings (SSSR count). The standard InChI is InChI=1S/C26H26ClN3O2/c1-13-6-18(26-4-2-14-7-15(12-26)9-16(26)8-14)19(27)10-17(13)21-11-22(31)23-20(30-21)3-5-29-24(23)25(28)32/h3,5-6,10-11,14-16H,2,4,7-9,12H2,1H3,(H2,28,32)(H,30,31). The summed E-state index contributed by atoms with van der Waals surface area (Å²) in [7, 11) is 0. The molecular formula is C26H26ClN3O2. The molecule has 2 heterocycles. The minimum Gasteiger partial charge on any atom is -0.364 e. The van der Waals surface area contributed by atoms with Crippen LogP contribution in [0.1, 0.15) is 60.1 Å². The molecule has 3 aliphatic carbocycles. The Hall–Kier alpha value is -2.66. The number of pyridine rings is 2. The number of carbonyl (C=O) groups excluding carboxylic acids is 1. The fourth-order valence-electron chi connectivity index (χ4n) is 7.22. The van der Waals surface area contributed by atoms with Crippen LogP contribution in [0.4, 0.5) is 0 Å². The zero-order chi connectivity index (χ0) is 22.2. The number of halogens is 1. The number of aryl methyl sites for hydroxylation is 1. The molecule has 3 N–H and O–H groups in total. The Morgan fingerprint density at radius 2 is 2.03 bits per heavy atom. The van der Waals surface area contributed by atoms with E-state index in [1.807, 2.05) is 6.07 Å². The molecule has 4 atom stereocenters. The van der Waals surface area contributed by atoms with Gasteiger partial charge in [0.15, 0.2) is 5.43 Å². The number of hydrogen-bond donors (Lipinski definition) is 2. The predicted octanol–water partition coefficient (Wildman–Crippen LogP) is 5.12. The summed E-state index contributed by atoms with van der Waals surface area (Å²) in [6, 6.07) is 7.49. The van der Waals surface area contributed by atoms with Crippen molar-refractivity contribution in [3.63, 3.8) is 0 Å². The summed E-state index contributed by atoms with van der Waals surface area (Å²) in [5.74, 6) is 1.80. The molecule has 3 fully saturated rings. The van der Waals surface area contributed by atoms with Crippen molar-refractivity contribution in [1.29, 1.82) is 0 Å². The van der Waals surface area contributed by atoms with Gasteiger partial charge in [-0.3, -0.25) is 14.6 Å². The molecule has 0 saturated heterocycles. The topological polar surface area (TPSA) is 88.8 Å². The van der Waals surface area contributed by atoms with Crippen molar-refractivity contribution in [2.24, 2.45) is 23.5 Å². The maximum Gasteiger partial charge on any atom is 0.268 e. The van der Waals surface area contributed by atoms with Crippen LogP contribution < -0.4 is 11.2 Å². The summed E-state index contributed by atoms with van der Waals surface area (Å²) in [6.45, 7) is 2.09. The average Bonchev–Trinajstić information content (AvgIpc) is 2.93. The number of nitrogens with one attached hydrogen (secondary N) is 1. The Bertz CT molecular complexity index is 1350. The summed E-state index contributed by atoms with van der Waals surface area (Å²) in [5.41, 5.74) is 9.87. The van der Waals surface area contributed by atoms with E-state index in [9.17, 15) is 9.59 Å². The van der Waals surface area contributed by atoms with Gasteiger partial charge >= 0.3 is 0 Å². The number of rotatable bonds is 3. The zero-order valence-corrected chi connectivity index (χ0v) is 18.8. The molecule has 3 aromatic rings. The lowest BCUT2D eigenvalue weighted by atomic mass is 9.61. The van der Waals surface area contributed by atoms with E-state index in [0.29, 0.717) is 11.2 Å². The largest absolute Gasteiger partial charge is 0.364 e. The summed E-state index contributed by atoms with van der Waals surface area (Å²) in [5, 5.41) is 1.02. The number of nitrogens with two attached hydrogens (primary N) is 1. The number of carbonyl (C=O) groups is 1. The van der Waals surface area contributed by atoms with E-state index >= 15 is 0 Å². The Morgan fingerprint density at radius 1 is 1.22 bits per heavy atom. The molecule has 164 valence electrons.